The van der Waals surface area contributed by atoms with Crippen molar-refractivity contribution in [1.29, 1.82) is 0 Å². The molecule has 0 fully saturated rings. The third kappa shape index (κ3) is 5.10. The van der Waals surface area contributed by atoms with Gasteiger partial charge in [0.15, 0.2) is 15.7 Å². The molecule has 2 aromatic carbocycles. The Balaban J connectivity index is 2.05. The van der Waals surface area contributed by atoms with Gasteiger partial charge in [0.1, 0.15) is 5.82 Å². The van der Waals surface area contributed by atoms with Gasteiger partial charge >= 0.3 is 0 Å². The molecule has 33 heavy (non-hydrogen) atoms. The van der Waals surface area contributed by atoms with E-state index in [-0.39, 0.29) is 32.4 Å². The molecule has 0 saturated heterocycles. The number of sulfonamides is 1. The molecule has 0 radical (unpaired) electrons. The first kappa shape index (κ1) is 25.3. The first-order valence-corrected chi connectivity index (χ1v) is 13.7. The lowest BCUT2D eigenvalue weighted by Gasteiger charge is -2.25. The minimum Gasteiger partial charge on any atom is -0.323 e. The zero-order valence-corrected chi connectivity index (χ0v) is 21.5. The van der Waals surface area contributed by atoms with Crippen LogP contribution in [0.25, 0.3) is 0 Å². The number of nitrogens with one attached hydrogen (secondary N) is 1. The van der Waals surface area contributed by atoms with E-state index in [9.17, 15) is 21.2 Å². The smallest absolute Gasteiger partial charge is 0.261 e. The highest BCUT2D eigenvalue weighted by Crippen LogP contribution is 2.31. The quantitative estimate of drug-likeness (QED) is 0.653. The van der Waals surface area contributed by atoms with Crippen molar-refractivity contribution in [2.24, 2.45) is 5.10 Å². The summed E-state index contributed by atoms with van der Waals surface area (Å²) < 4.78 is 67.2. The van der Waals surface area contributed by atoms with Crippen molar-refractivity contribution in [3.8, 4) is 0 Å². The molecule has 1 unspecified atom stereocenters. The number of hydrazone groups is 1. The van der Waals surface area contributed by atoms with Crippen molar-refractivity contribution in [3.63, 3.8) is 0 Å². The Morgan fingerprint density at radius 1 is 1.06 bits per heavy atom. The van der Waals surface area contributed by atoms with E-state index in [1.54, 1.807) is 12.1 Å². The number of nitrogens with zero attached hydrogens (tertiary/aromatic N) is 3. The normalized spacial score (nSPS) is 17.3. The van der Waals surface area contributed by atoms with Gasteiger partial charge in [0, 0.05) is 32.0 Å². The molecule has 2 aromatic rings. The summed E-state index contributed by atoms with van der Waals surface area (Å²) in [5, 5.41) is 5.21. The van der Waals surface area contributed by atoms with E-state index < -0.39 is 31.2 Å². The standard InChI is InChI=1S/C21H26ClFN4O4S2/c1-21(2,3)13-7-9-14(10-8-13)33(30,31)25-18-12-17(23)16(22)11-15(18)19-24-27(5)20(26(19)4)32(6,28)29/h7-12,20,25H,1-6H3. The van der Waals surface area contributed by atoms with Gasteiger partial charge in [-0.2, -0.15) is 5.10 Å². The largest absolute Gasteiger partial charge is 0.323 e. The van der Waals surface area contributed by atoms with Gasteiger partial charge in [-0.1, -0.05) is 44.5 Å². The molecule has 8 nitrogen and oxygen atoms in total. The van der Waals surface area contributed by atoms with Crippen LogP contribution in [0.5, 0.6) is 0 Å². The zero-order valence-electron chi connectivity index (χ0n) is 19.1. The number of amidine groups is 1. The SMILES string of the molecule is CN1N=C(c2cc(Cl)c(F)cc2NS(=O)(=O)c2ccc(C(C)(C)C)cc2)N(C)C1S(C)(=O)=O. The number of benzene rings is 2. The van der Waals surface area contributed by atoms with Crippen LogP contribution < -0.4 is 4.72 Å². The van der Waals surface area contributed by atoms with Gasteiger partial charge in [-0.25, -0.2) is 21.2 Å². The maximum atomic E-state index is 14.3. The van der Waals surface area contributed by atoms with E-state index in [4.69, 9.17) is 11.6 Å². The molecule has 0 saturated carbocycles. The minimum atomic E-state index is -4.10. The Labute approximate surface area is 199 Å². The molecule has 1 aliphatic heterocycles. The van der Waals surface area contributed by atoms with Gasteiger partial charge in [-0.15, -0.1) is 0 Å². The van der Waals surface area contributed by atoms with Crippen LogP contribution in [0, 0.1) is 5.82 Å². The second-order valence-electron chi connectivity index (χ2n) is 8.96. The molecule has 12 heteroatoms. The maximum absolute atomic E-state index is 14.3. The van der Waals surface area contributed by atoms with E-state index >= 15 is 0 Å². The average Bonchev–Trinajstić information content (AvgIpc) is 2.97. The van der Waals surface area contributed by atoms with Crippen LogP contribution >= 0.6 is 11.6 Å². The van der Waals surface area contributed by atoms with E-state index in [0.29, 0.717) is 0 Å². The Morgan fingerprint density at radius 3 is 2.12 bits per heavy atom. The van der Waals surface area contributed by atoms with Crippen LogP contribution in [-0.4, -0.2) is 58.4 Å². The van der Waals surface area contributed by atoms with Crippen molar-refractivity contribution in [1.82, 2.24) is 9.91 Å². The summed E-state index contributed by atoms with van der Waals surface area (Å²) in [6, 6.07) is 8.55. The third-order valence-corrected chi connectivity index (χ3v) is 8.26. The Kier molecular flexibility index (Phi) is 6.46. The van der Waals surface area contributed by atoms with Crippen molar-refractivity contribution in [3.05, 3.63) is 58.4 Å². The van der Waals surface area contributed by atoms with Crippen molar-refractivity contribution in [2.75, 3.05) is 25.1 Å². The van der Waals surface area contributed by atoms with E-state index in [2.05, 4.69) is 9.82 Å². The lowest BCUT2D eigenvalue weighted by Crippen LogP contribution is -2.43. The Morgan fingerprint density at radius 2 is 1.64 bits per heavy atom. The summed E-state index contributed by atoms with van der Waals surface area (Å²) in [4.78, 5) is 1.35. The molecule has 0 bridgehead atoms. The molecular weight excluding hydrogens is 491 g/mol. The molecule has 0 aromatic heterocycles. The van der Waals surface area contributed by atoms with Crippen molar-refractivity contribution in [2.45, 2.75) is 36.6 Å². The average molecular weight is 517 g/mol. The predicted octanol–water partition coefficient (Wildman–Crippen LogP) is 3.44. The first-order valence-electron chi connectivity index (χ1n) is 9.88. The minimum absolute atomic E-state index is 0.00958. The summed E-state index contributed by atoms with van der Waals surface area (Å²) >= 11 is 5.97. The highest BCUT2D eigenvalue weighted by Gasteiger charge is 2.38. The van der Waals surface area contributed by atoms with Crippen LogP contribution in [0.4, 0.5) is 10.1 Å². The lowest BCUT2D eigenvalue weighted by molar-refractivity contribution is 0.254. The van der Waals surface area contributed by atoms with Gasteiger partial charge in [0.2, 0.25) is 5.50 Å². The molecule has 1 N–H and O–H groups in total. The molecular formula is C21H26ClFN4O4S2. The van der Waals surface area contributed by atoms with Crippen molar-refractivity contribution < 1.29 is 21.2 Å². The molecule has 1 aliphatic rings. The monoisotopic (exact) mass is 516 g/mol. The summed E-state index contributed by atoms with van der Waals surface area (Å²) in [6.45, 7) is 6.03. The predicted molar refractivity (Wildman–Crippen MR) is 128 cm³/mol. The molecule has 1 atom stereocenters. The lowest BCUT2D eigenvalue weighted by atomic mass is 9.87. The number of hydrogen-bond acceptors (Lipinski definition) is 7. The molecule has 180 valence electrons. The van der Waals surface area contributed by atoms with Crippen LogP contribution in [0.15, 0.2) is 46.4 Å². The van der Waals surface area contributed by atoms with Crippen LogP contribution in [0.2, 0.25) is 5.02 Å². The van der Waals surface area contributed by atoms with Crippen LogP contribution in [-0.2, 0) is 25.3 Å². The highest BCUT2D eigenvalue weighted by molar-refractivity contribution is 7.92. The number of halogens is 2. The third-order valence-electron chi connectivity index (χ3n) is 5.20. The fraction of sp³-hybridized carbons (Fsp3) is 0.381. The first-order chi connectivity index (χ1) is 15.0. The van der Waals surface area contributed by atoms with Gasteiger partial charge in [-0.3, -0.25) is 9.73 Å². The number of hydrogen-bond donors (Lipinski definition) is 1. The van der Waals surface area contributed by atoms with E-state index in [0.717, 1.165) is 17.9 Å². The molecule has 1 heterocycles. The Bertz CT molecular complexity index is 1320. The van der Waals surface area contributed by atoms with Gasteiger partial charge in [-0.05, 0) is 29.2 Å². The van der Waals surface area contributed by atoms with Gasteiger partial charge < -0.3 is 4.90 Å². The highest BCUT2D eigenvalue weighted by atomic mass is 35.5. The summed E-state index contributed by atoms with van der Waals surface area (Å²) in [5.41, 5.74) is -0.292. The fourth-order valence-electron chi connectivity index (χ4n) is 3.59. The number of rotatable bonds is 5. The second kappa shape index (κ2) is 8.44. The maximum Gasteiger partial charge on any atom is 0.261 e. The molecule has 3 rings (SSSR count). The molecule has 0 spiro atoms. The summed E-state index contributed by atoms with van der Waals surface area (Å²) in [6.07, 6.45) is 1.06. The van der Waals surface area contributed by atoms with Crippen LogP contribution in [0.3, 0.4) is 0 Å². The number of anilines is 1. The van der Waals surface area contributed by atoms with E-state index in [1.165, 1.54) is 42.2 Å². The van der Waals surface area contributed by atoms with Crippen LogP contribution in [0.1, 0.15) is 31.9 Å². The van der Waals surface area contributed by atoms with E-state index in [1.807, 2.05) is 20.8 Å². The second-order valence-corrected chi connectivity index (χ2v) is 13.1. The van der Waals surface area contributed by atoms with Crippen molar-refractivity contribution >= 4 is 43.0 Å². The molecule has 0 aliphatic carbocycles. The zero-order chi connectivity index (χ0) is 24.9. The van der Waals surface area contributed by atoms with Gasteiger partial charge in [0.05, 0.1) is 15.6 Å². The molecule has 0 amide bonds. The fourth-order valence-corrected chi connectivity index (χ4v) is 6.10. The Hall–Kier alpha value is -2.37. The summed E-state index contributed by atoms with van der Waals surface area (Å²) in [7, 11) is -4.70. The van der Waals surface area contributed by atoms with Gasteiger partial charge in [0.25, 0.3) is 10.0 Å². The number of sulfone groups is 1. The summed E-state index contributed by atoms with van der Waals surface area (Å²) in [5.74, 6) is -0.717. The topological polar surface area (TPSA) is 99.2 Å².